The zero-order chi connectivity index (χ0) is 22.5. The van der Waals surface area contributed by atoms with Crippen LogP contribution in [0.15, 0.2) is 97.1 Å². The molecule has 0 fully saturated rings. The molecule has 0 N–H and O–H groups in total. The second-order valence-corrected chi connectivity index (χ2v) is 8.58. The number of benzene rings is 4. The van der Waals surface area contributed by atoms with Crippen molar-refractivity contribution in [2.75, 3.05) is 0 Å². The van der Waals surface area contributed by atoms with Gasteiger partial charge >= 0.3 is 0 Å². The van der Waals surface area contributed by atoms with Crippen LogP contribution < -0.4 is 0 Å². The molecule has 160 valence electrons. The van der Waals surface area contributed by atoms with E-state index in [1.165, 1.54) is 55.7 Å². The third kappa shape index (κ3) is 4.32. The van der Waals surface area contributed by atoms with Gasteiger partial charge in [-0.25, -0.2) is 0 Å². The lowest BCUT2D eigenvalue weighted by atomic mass is 9.81. The van der Waals surface area contributed by atoms with E-state index in [0.29, 0.717) is 0 Å². The minimum Gasteiger partial charge on any atom is -0.0651 e. The van der Waals surface area contributed by atoms with E-state index >= 15 is 0 Å². The fourth-order valence-corrected chi connectivity index (χ4v) is 4.75. The van der Waals surface area contributed by atoms with Crippen molar-refractivity contribution in [2.45, 2.75) is 40.5 Å². The van der Waals surface area contributed by atoms with E-state index in [2.05, 4.69) is 125 Å². The first kappa shape index (κ1) is 21.8. The van der Waals surface area contributed by atoms with Crippen molar-refractivity contribution < 1.29 is 0 Å². The highest BCUT2D eigenvalue weighted by Gasteiger charge is 2.19. The second kappa shape index (κ2) is 9.83. The minimum absolute atomic E-state index is 1.05. The van der Waals surface area contributed by atoms with Gasteiger partial charge in [0.05, 0.1) is 0 Å². The summed E-state index contributed by atoms with van der Waals surface area (Å²) in [6.07, 6.45) is 2.17. The fourth-order valence-electron chi connectivity index (χ4n) is 4.75. The average molecular weight is 417 g/mol. The number of hydrogen-bond donors (Lipinski definition) is 0. The molecule has 0 aliphatic carbocycles. The van der Waals surface area contributed by atoms with Crippen molar-refractivity contribution in [3.8, 4) is 11.1 Å². The quantitative estimate of drug-likeness (QED) is 0.275. The zero-order valence-electron chi connectivity index (χ0n) is 19.7. The molecule has 0 bridgehead atoms. The maximum absolute atomic E-state index is 2.34. The van der Waals surface area contributed by atoms with E-state index in [0.717, 1.165) is 12.8 Å². The van der Waals surface area contributed by atoms with Gasteiger partial charge in [-0.1, -0.05) is 110 Å². The summed E-state index contributed by atoms with van der Waals surface area (Å²) in [6, 6.07) is 35.1. The lowest BCUT2D eigenvalue weighted by molar-refractivity contribution is 0.918. The Morgan fingerprint density at radius 3 is 1.84 bits per heavy atom. The average Bonchev–Trinajstić information content (AvgIpc) is 2.83. The van der Waals surface area contributed by atoms with Crippen LogP contribution in [0.25, 0.3) is 22.3 Å². The molecule has 0 saturated heterocycles. The standard InChI is InChI=1S/C32H32/c1-5-14-29-30(22-21-24(3)31(29)28-20-13-12-15-23(28)2)32(27-18-10-7-11-19-27)25(4)26-16-8-6-9-17-26/h6-13,15-22H,5,14H2,1-4H3/b32-25+. The highest BCUT2D eigenvalue weighted by Crippen LogP contribution is 2.40. The molecule has 0 spiro atoms. The SMILES string of the molecule is CCCc1c(/C(=C(\C)c2ccccc2)c2ccccc2)ccc(C)c1-c1ccccc1C. The monoisotopic (exact) mass is 416 g/mol. The first-order valence-electron chi connectivity index (χ1n) is 11.6. The van der Waals surface area contributed by atoms with Crippen LogP contribution in [0, 0.1) is 13.8 Å². The molecule has 0 nitrogen and oxygen atoms in total. The van der Waals surface area contributed by atoms with E-state index in [1.807, 2.05) is 0 Å². The molecule has 0 aliphatic rings. The molecule has 0 heterocycles. The van der Waals surface area contributed by atoms with Crippen molar-refractivity contribution in [1.82, 2.24) is 0 Å². The lowest BCUT2D eigenvalue weighted by Gasteiger charge is -2.23. The minimum atomic E-state index is 1.05. The van der Waals surface area contributed by atoms with E-state index in [4.69, 9.17) is 0 Å². The smallest absolute Gasteiger partial charge is 0.00732 e. The topological polar surface area (TPSA) is 0 Å². The van der Waals surface area contributed by atoms with Gasteiger partial charge in [0.15, 0.2) is 0 Å². The first-order valence-corrected chi connectivity index (χ1v) is 11.6. The lowest BCUT2D eigenvalue weighted by Crippen LogP contribution is -2.03. The molecule has 4 rings (SSSR count). The third-order valence-corrected chi connectivity index (χ3v) is 6.35. The molecular formula is C32H32. The van der Waals surface area contributed by atoms with Crippen LogP contribution in [0.4, 0.5) is 0 Å². The summed E-state index contributed by atoms with van der Waals surface area (Å²) in [5.41, 5.74) is 13.4. The molecule has 0 saturated carbocycles. The summed E-state index contributed by atoms with van der Waals surface area (Å²) < 4.78 is 0. The molecule has 0 atom stereocenters. The van der Waals surface area contributed by atoms with Gasteiger partial charge in [0.1, 0.15) is 0 Å². The van der Waals surface area contributed by atoms with Crippen LogP contribution in [0.3, 0.4) is 0 Å². The van der Waals surface area contributed by atoms with E-state index in [9.17, 15) is 0 Å². The van der Waals surface area contributed by atoms with Gasteiger partial charge in [0.25, 0.3) is 0 Å². The zero-order valence-corrected chi connectivity index (χ0v) is 19.7. The van der Waals surface area contributed by atoms with Gasteiger partial charge < -0.3 is 0 Å². The van der Waals surface area contributed by atoms with E-state index in [1.54, 1.807) is 0 Å². The molecule has 0 unspecified atom stereocenters. The summed E-state index contributed by atoms with van der Waals surface area (Å²) in [4.78, 5) is 0. The van der Waals surface area contributed by atoms with Gasteiger partial charge in [0.2, 0.25) is 0 Å². The molecule has 0 radical (unpaired) electrons. The summed E-state index contributed by atoms with van der Waals surface area (Å²) in [7, 11) is 0. The summed E-state index contributed by atoms with van der Waals surface area (Å²) in [5, 5.41) is 0. The number of aryl methyl sites for hydroxylation is 2. The molecular weight excluding hydrogens is 384 g/mol. The fraction of sp³-hybridized carbons (Fsp3) is 0.188. The van der Waals surface area contributed by atoms with Gasteiger partial charge in [0, 0.05) is 0 Å². The largest absolute Gasteiger partial charge is 0.0651 e. The molecule has 0 aliphatic heterocycles. The molecule has 0 heteroatoms. The Balaban J connectivity index is 2.07. The van der Waals surface area contributed by atoms with Crippen LogP contribution in [0.2, 0.25) is 0 Å². The molecule has 32 heavy (non-hydrogen) atoms. The number of allylic oxidation sites excluding steroid dienone is 1. The highest BCUT2D eigenvalue weighted by atomic mass is 14.2. The Labute approximate surface area is 193 Å². The Morgan fingerprint density at radius 1 is 0.625 bits per heavy atom. The van der Waals surface area contributed by atoms with Crippen LogP contribution >= 0.6 is 0 Å². The molecule has 4 aromatic carbocycles. The maximum atomic E-state index is 2.34. The first-order chi connectivity index (χ1) is 15.6. The summed E-state index contributed by atoms with van der Waals surface area (Å²) in [6.45, 7) is 9.02. The van der Waals surface area contributed by atoms with Crippen LogP contribution in [-0.4, -0.2) is 0 Å². The number of rotatable bonds is 6. The van der Waals surface area contributed by atoms with Gasteiger partial charge in [-0.2, -0.15) is 0 Å². The Kier molecular flexibility index (Phi) is 6.71. The van der Waals surface area contributed by atoms with Gasteiger partial charge in [-0.15, -0.1) is 0 Å². The Morgan fingerprint density at radius 2 is 1.22 bits per heavy atom. The predicted octanol–water partition coefficient (Wildman–Crippen LogP) is 8.90. The van der Waals surface area contributed by atoms with E-state index in [-0.39, 0.29) is 0 Å². The Hall–Kier alpha value is -3.38. The van der Waals surface area contributed by atoms with Crippen molar-refractivity contribution in [3.05, 3.63) is 130 Å². The van der Waals surface area contributed by atoms with Crippen LogP contribution in [-0.2, 0) is 6.42 Å². The molecule has 4 aromatic rings. The van der Waals surface area contributed by atoms with E-state index < -0.39 is 0 Å². The normalized spacial score (nSPS) is 11.9. The van der Waals surface area contributed by atoms with Crippen molar-refractivity contribution >= 4 is 11.1 Å². The second-order valence-electron chi connectivity index (χ2n) is 8.58. The summed E-state index contributed by atoms with van der Waals surface area (Å²) in [5.74, 6) is 0. The molecule has 0 aromatic heterocycles. The van der Waals surface area contributed by atoms with Crippen molar-refractivity contribution in [3.63, 3.8) is 0 Å². The van der Waals surface area contributed by atoms with Gasteiger partial charge in [-0.05, 0) is 82.8 Å². The third-order valence-electron chi connectivity index (χ3n) is 6.35. The highest BCUT2D eigenvalue weighted by molar-refractivity contribution is 6.00. The van der Waals surface area contributed by atoms with Gasteiger partial charge in [-0.3, -0.25) is 0 Å². The van der Waals surface area contributed by atoms with Crippen LogP contribution in [0.1, 0.15) is 53.6 Å². The molecule has 0 amide bonds. The van der Waals surface area contributed by atoms with Crippen LogP contribution in [0.5, 0.6) is 0 Å². The maximum Gasteiger partial charge on any atom is -0.00732 e. The summed E-state index contributed by atoms with van der Waals surface area (Å²) >= 11 is 0. The number of hydrogen-bond acceptors (Lipinski definition) is 0. The van der Waals surface area contributed by atoms with Crippen molar-refractivity contribution in [2.24, 2.45) is 0 Å². The van der Waals surface area contributed by atoms with Crippen molar-refractivity contribution in [1.29, 1.82) is 0 Å². The Bertz CT molecular complexity index is 1230. The predicted molar refractivity (Wildman–Crippen MR) is 140 cm³/mol.